The molecule has 0 aliphatic carbocycles. The summed E-state index contributed by atoms with van der Waals surface area (Å²) in [5.74, 6) is -2.29. The van der Waals surface area contributed by atoms with Gasteiger partial charge in [0.2, 0.25) is 5.91 Å². The minimum Gasteiger partial charge on any atom is -0.462 e. The highest BCUT2D eigenvalue weighted by atomic mass is 31.2. The number of hydrogen-bond acceptors (Lipinski definition) is 11. The Kier molecular flexibility index (Phi) is 40.2. The van der Waals surface area contributed by atoms with Crippen LogP contribution in [0, 0.1) is 0 Å². The zero-order chi connectivity index (χ0) is 47.0. The molecule has 15 heteroatoms. The number of aliphatic hydroxyl groups is 3. The molecule has 0 unspecified atom stereocenters. The smallest absolute Gasteiger partial charge is 0.462 e. The lowest BCUT2D eigenvalue weighted by Crippen LogP contribution is -2.56. The number of hydrogen-bond donors (Lipinski definition) is 6. The molecule has 14 nitrogen and oxygen atoms in total. The maximum Gasteiger partial charge on any atom is 0.470 e. The van der Waals surface area contributed by atoms with Crippen molar-refractivity contribution < 1.29 is 62.8 Å². The third-order valence-corrected chi connectivity index (χ3v) is 12.1. The lowest BCUT2D eigenvalue weighted by Gasteiger charge is -2.33. The van der Waals surface area contributed by atoms with E-state index in [4.69, 9.17) is 14.0 Å². The van der Waals surface area contributed by atoms with Crippen LogP contribution in [0.4, 0.5) is 0 Å². The third-order valence-electron chi connectivity index (χ3n) is 11.6. The van der Waals surface area contributed by atoms with Gasteiger partial charge in [-0.15, -0.1) is 0 Å². The Morgan fingerprint density at radius 1 is 0.556 bits per heavy atom. The van der Waals surface area contributed by atoms with Gasteiger partial charge < -0.3 is 44.7 Å². The van der Waals surface area contributed by atoms with Gasteiger partial charge in [-0.1, -0.05) is 194 Å². The lowest BCUT2D eigenvalue weighted by atomic mass is 10.0. The third kappa shape index (κ3) is 36.9. The number of ether oxygens (including phenoxy) is 2. The SMILES string of the molecule is CCCCCCCCCCCCCC(=O)O[C@@H](CCCCCCCCCCC)CC(=O)N[C@@H](C=O)[C@@H](OC(=O)C[C@@H](O)CCCCCCCCCCC)[C@H](OP(=O)(O)O)[C@H](O)CO. The Morgan fingerprint density at radius 3 is 1.38 bits per heavy atom. The van der Waals surface area contributed by atoms with Crippen molar-refractivity contribution in [3.05, 3.63) is 0 Å². The molecule has 0 fully saturated rings. The van der Waals surface area contributed by atoms with Gasteiger partial charge >= 0.3 is 19.8 Å². The van der Waals surface area contributed by atoms with Gasteiger partial charge in [0.25, 0.3) is 0 Å². The molecule has 0 radical (unpaired) electrons. The number of aliphatic hydroxyl groups excluding tert-OH is 3. The highest BCUT2D eigenvalue weighted by molar-refractivity contribution is 7.46. The van der Waals surface area contributed by atoms with Crippen molar-refractivity contribution in [2.24, 2.45) is 0 Å². The first-order chi connectivity index (χ1) is 30.3. The summed E-state index contributed by atoms with van der Waals surface area (Å²) in [6.07, 6.45) is 23.6. The summed E-state index contributed by atoms with van der Waals surface area (Å²) >= 11 is 0. The summed E-state index contributed by atoms with van der Waals surface area (Å²) < 4.78 is 27.9. The molecule has 0 aliphatic heterocycles. The van der Waals surface area contributed by atoms with E-state index in [1.165, 1.54) is 96.3 Å². The summed E-state index contributed by atoms with van der Waals surface area (Å²) in [5, 5.41) is 33.3. The molecule has 0 saturated carbocycles. The number of unbranched alkanes of at least 4 members (excludes halogenated alkanes) is 26. The second kappa shape index (κ2) is 41.5. The van der Waals surface area contributed by atoms with Crippen LogP contribution in [0.2, 0.25) is 0 Å². The minimum atomic E-state index is -5.42. The molecule has 0 aliphatic rings. The van der Waals surface area contributed by atoms with Gasteiger partial charge in [-0.3, -0.25) is 18.9 Å². The zero-order valence-corrected chi connectivity index (χ0v) is 40.6. The van der Waals surface area contributed by atoms with Crippen molar-refractivity contribution in [2.45, 2.75) is 276 Å². The van der Waals surface area contributed by atoms with Crippen LogP contribution in [0.25, 0.3) is 0 Å². The van der Waals surface area contributed by atoms with Crippen molar-refractivity contribution >= 4 is 32.0 Å². The second-order valence-corrected chi connectivity index (χ2v) is 18.9. The van der Waals surface area contributed by atoms with E-state index in [2.05, 4.69) is 26.1 Å². The van der Waals surface area contributed by atoms with Gasteiger partial charge in [0.1, 0.15) is 30.6 Å². The monoisotopic (exact) mass is 922 g/mol. The molecule has 0 bridgehead atoms. The number of amides is 1. The van der Waals surface area contributed by atoms with Crippen molar-refractivity contribution in [1.29, 1.82) is 0 Å². The topological polar surface area (TPSA) is 226 Å². The second-order valence-electron chi connectivity index (χ2n) is 17.7. The summed E-state index contributed by atoms with van der Waals surface area (Å²) in [4.78, 5) is 71.5. The first kappa shape index (κ1) is 61.1. The summed E-state index contributed by atoms with van der Waals surface area (Å²) in [7, 11) is -5.42. The molecule has 0 aromatic heterocycles. The summed E-state index contributed by atoms with van der Waals surface area (Å²) in [5.41, 5.74) is 0. The fraction of sp³-hybridized carbons (Fsp3) is 0.917. The molecule has 0 heterocycles. The van der Waals surface area contributed by atoms with E-state index in [0.717, 1.165) is 70.6 Å². The van der Waals surface area contributed by atoms with Crippen molar-refractivity contribution in [2.75, 3.05) is 6.61 Å². The minimum absolute atomic E-state index is 0.169. The largest absolute Gasteiger partial charge is 0.470 e. The number of rotatable bonds is 46. The fourth-order valence-corrected chi connectivity index (χ4v) is 8.43. The van der Waals surface area contributed by atoms with Crippen LogP contribution in [-0.4, -0.2) is 92.4 Å². The van der Waals surface area contributed by atoms with E-state index in [1.807, 2.05) is 0 Å². The Balaban J connectivity index is 5.63. The van der Waals surface area contributed by atoms with Crippen LogP contribution in [0.3, 0.4) is 0 Å². The quantitative estimate of drug-likeness (QED) is 0.0145. The lowest BCUT2D eigenvalue weighted by molar-refractivity contribution is -0.167. The summed E-state index contributed by atoms with van der Waals surface area (Å²) in [6, 6.07) is -1.81. The highest BCUT2D eigenvalue weighted by Crippen LogP contribution is 2.40. The number of nitrogens with one attached hydrogen (secondary N) is 1. The van der Waals surface area contributed by atoms with Crippen LogP contribution in [0.5, 0.6) is 0 Å². The molecule has 0 saturated heterocycles. The number of phosphoric acid groups is 1. The molecule has 0 rings (SSSR count). The van der Waals surface area contributed by atoms with E-state index in [1.54, 1.807) is 0 Å². The van der Waals surface area contributed by atoms with Gasteiger partial charge in [-0.05, 0) is 25.7 Å². The maximum absolute atomic E-state index is 13.5. The van der Waals surface area contributed by atoms with Gasteiger partial charge in [0.05, 0.1) is 25.6 Å². The zero-order valence-electron chi connectivity index (χ0n) is 39.7. The van der Waals surface area contributed by atoms with Crippen LogP contribution < -0.4 is 5.32 Å². The molecular formula is C48H92NO13P. The van der Waals surface area contributed by atoms with E-state index in [9.17, 15) is 48.8 Å². The van der Waals surface area contributed by atoms with Crippen molar-refractivity contribution in [1.82, 2.24) is 5.32 Å². The van der Waals surface area contributed by atoms with Crippen molar-refractivity contribution in [3.63, 3.8) is 0 Å². The molecule has 63 heavy (non-hydrogen) atoms. The number of carbonyl (C=O) groups is 4. The Bertz CT molecular complexity index is 1170. The van der Waals surface area contributed by atoms with Crippen LogP contribution in [0.1, 0.15) is 239 Å². The first-order valence-corrected chi connectivity index (χ1v) is 26.7. The van der Waals surface area contributed by atoms with E-state index >= 15 is 0 Å². The highest BCUT2D eigenvalue weighted by Gasteiger charge is 2.42. The summed E-state index contributed by atoms with van der Waals surface area (Å²) in [6.45, 7) is 5.46. The Hall–Kier alpha value is -1.93. The molecule has 0 aromatic rings. The number of aldehydes is 1. The molecular weight excluding hydrogens is 829 g/mol. The average Bonchev–Trinajstić information content (AvgIpc) is 3.24. The van der Waals surface area contributed by atoms with Gasteiger partial charge in [0.15, 0.2) is 6.10 Å². The van der Waals surface area contributed by atoms with Gasteiger partial charge in [0, 0.05) is 6.42 Å². The fourth-order valence-electron chi connectivity index (χ4n) is 7.85. The first-order valence-electron chi connectivity index (χ1n) is 25.2. The van der Waals surface area contributed by atoms with Crippen LogP contribution >= 0.6 is 7.82 Å². The Morgan fingerprint density at radius 2 is 0.968 bits per heavy atom. The molecule has 6 atom stereocenters. The predicted molar refractivity (Wildman–Crippen MR) is 248 cm³/mol. The molecule has 0 aromatic carbocycles. The molecule has 0 spiro atoms. The van der Waals surface area contributed by atoms with Gasteiger partial charge in [-0.25, -0.2) is 4.57 Å². The van der Waals surface area contributed by atoms with Crippen molar-refractivity contribution in [3.8, 4) is 0 Å². The molecule has 372 valence electrons. The van der Waals surface area contributed by atoms with E-state index < -0.39 is 75.3 Å². The maximum atomic E-state index is 13.5. The van der Waals surface area contributed by atoms with Crippen LogP contribution in [-0.2, 0) is 37.7 Å². The van der Waals surface area contributed by atoms with E-state index in [-0.39, 0.29) is 25.5 Å². The number of carbonyl (C=O) groups excluding carboxylic acids is 4. The normalized spacial score (nSPS) is 14.7. The Labute approximate surface area is 381 Å². The standard InChI is InChI=1S/C48H92NO13P/c1-4-7-10-13-16-19-20-23-26-29-32-35-45(55)60-41(34-31-28-25-22-18-15-12-9-6-3)37-44(54)49-42(38-50)47(48(43(53)39-51)62-63(57,58)59)61-46(56)36-40(52)33-30-27-24-21-17-14-11-8-5-2/h38,40-43,47-48,51-53H,4-37,39H2,1-3H3,(H,49,54)(H2,57,58,59)/t40-,41-,42-,43+,47+,48+/m0/s1. The molecule has 1 amide bonds. The number of esters is 2. The van der Waals surface area contributed by atoms with Gasteiger partial charge in [-0.2, -0.15) is 0 Å². The molecule has 6 N–H and O–H groups in total. The van der Waals surface area contributed by atoms with Crippen LogP contribution in [0.15, 0.2) is 0 Å². The number of phosphoric ester groups is 1. The van der Waals surface area contributed by atoms with E-state index in [0.29, 0.717) is 25.7 Å². The average molecular weight is 922 g/mol. The predicted octanol–water partition coefficient (Wildman–Crippen LogP) is 10.0.